The van der Waals surface area contributed by atoms with Crippen molar-refractivity contribution in [3.8, 4) is 0 Å². The van der Waals surface area contributed by atoms with Gasteiger partial charge in [-0.25, -0.2) is 0 Å². The Labute approximate surface area is 134 Å². The second kappa shape index (κ2) is 12.1. The van der Waals surface area contributed by atoms with E-state index in [1.807, 2.05) is 13.8 Å². The molecule has 5 atom stereocenters. The first-order chi connectivity index (χ1) is 8.15. The number of ether oxygens (including phenoxy) is 2. The summed E-state index contributed by atoms with van der Waals surface area (Å²) in [5.41, 5.74) is 0. The molecule has 2 N–H and O–H groups in total. The van der Waals surface area contributed by atoms with Crippen LogP contribution in [0.4, 0.5) is 0 Å². The molecule has 0 aromatic rings. The van der Waals surface area contributed by atoms with Gasteiger partial charge < -0.3 is 19.7 Å². The Bertz CT molecular complexity index is 191. The van der Waals surface area contributed by atoms with Crippen LogP contribution in [-0.4, -0.2) is 48.8 Å². The van der Waals surface area contributed by atoms with E-state index in [-0.39, 0.29) is 38.1 Å². The van der Waals surface area contributed by atoms with Crippen molar-refractivity contribution in [2.45, 2.75) is 46.0 Å². The molecule has 4 nitrogen and oxygen atoms in total. The van der Waals surface area contributed by atoms with E-state index in [0.29, 0.717) is 6.61 Å². The highest BCUT2D eigenvalue weighted by molar-refractivity contribution is 15.0. The third-order valence-electron chi connectivity index (χ3n) is 3.37. The molecule has 1 aliphatic heterocycles. The zero-order valence-electron chi connectivity index (χ0n) is 10.5. The lowest BCUT2D eigenvalue weighted by atomic mass is 9.80. The van der Waals surface area contributed by atoms with E-state index >= 15 is 0 Å². The van der Waals surface area contributed by atoms with Gasteiger partial charge in [-0.05, 0) is 6.42 Å². The molecule has 1 saturated heterocycles. The van der Waals surface area contributed by atoms with Crippen LogP contribution in [0, 0.1) is 11.8 Å². The summed E-state index contributed by atoms with van der Waals surface area (Å²) in [6.07, 6.45) is 0.0172. The largest absolute Gasteiger partial charge is 0.394 e. The summed E-state index contributed by atoms with van der Waals surface area (Å²) in [4.78, 5) is 0. The standard InChI is InChI=1S/C11H22O4.CH4.I2/c1-4-8-9(5-12)15-10(6-14-3)7(2)11(8)13;;1-2/h7-13H,4-6H2,1-3H3;1H4;. The zero-order valence-corrected chi connectivity index (χ0v) is 14.8. The molecule has 112 valence electrons. The molecule has 18 heavy (non-hydrogen) atoms. The third-order valence-corrected chi connectivity index (χ3v) is 3.37. The maximum absolute atomic E-state index is 10.1. The lowest BCUT2D eigenvalue weighted by Gasteiger charge is -2.43. The SMILES string of the molecule is C.CCC1C(CO)OC(COC)C(C)C1O.II. The number of methoxy groups -OCH3 is 1. The average Bonchev–Trinajstić information content (AvgIpc) is 2.37. The highest BCUT2D eigenvalue weighted by atomic mass is 128. The Morgan fingerprint density at radius 1 is 1.28 bits per heavy atom. The summed E-state index contributed by atoms with van der Waals surface area (Å²) in [5.74, 6) is 0.0795. The fourth-order valence-electron chi connectivity index (χ4n) is 2.32. The molecule has 0 aromatic heterocycles. The summed E-state index contributed by atoms with van der Waals surface area (Å²) in [6, 6.07) is 0. The lowest BCUT2D eigenvalue weighted by molar-refractivity contribution is -0.192. The van der Waals surface area contributed by atoms with E-state index in [4.69, 9.17) is 9.47 Å². The Morgan fingerprint density at radius 3 is 2.22 bits per heavy atom. The van der Waals surface area contributed by atoms with Gasteiger partial charge in [-0.3, -0.25) is 0 Å². The number of hydrogen-bond acceptors (Lipinski definition) is 4. The molecule has 1 fully saturated rings. The molecule has 0 bridgehead atoms. The topological polar surface area (TPSA) is 58.9 Å². The number of aliphatic hydroxyl groups is 2. The zero-order chi connectivity index (χ0) is 13.4. The van der Waals surface area contributed by atoms with Crippen LogP contribution in [0.3, 0.4) is 0 Å². The molecule has 0 radical (unpaired) electrons. The van der Waals surface area contributed by atoms with Crippen LogP contribution < -0.4 is 0 Å². The molecule has 1 rings (SSSR count). The van der Waals surface area contributed by atoms with Gasteiger partial charge in [-0.2, -0.15) is 0 Å². The normalized spacial score (nSPS) is 35.2. The number of hydrogen-bond donors (Lipinski definition) is 2. The maximum atomic E-state index is 10.1. The number of aliphatic hydroxyl groups excluding tert-OH is 2. The van der Waals surface area contributed by atoms with Crippen molar-refractivity contribution in [1.29, 1.82) is 0 Å². The van der Waals surface area contributed by atoms with E-state index in [1.54, 1.807) is 7.11 Å². The lowest BCUT2D eigenvalue weighted by Crippen LogP contribution is -2.52. The predicted octanol–water partition coefficient (Wildman–Crippen LogP) is 2.82. The van der Waals surface area contributed by atoms with Crippen LogP contribution in [0.25, 0.3) is 0 Å². The minimum atomic E-state index is -0.416. The number of rotatable bonds is 4. The minimum Gasteiger partial charge on any atom is -0.394 e. The van der Waals surface area contributed by atoms with Crippen molar-refractivity contribution in [2.24, 2.45) is 11.8 Å². The Balaban J connectivity index is 0. The second-order valence-corrected chi connectivity index (χ2v) is 4.27. The summed E-state index contributed by atoms with van der Waals surface area (Å²) in [6.45, 7) is 4.39. The van der Waals surface area contributed by atoms with Crippen LogP contribution in [0.1, 0.15) is 27.7 Å². The van der Waals surface area contributed by atoms with Gasteiger partial charge in [0.25, 0.3) is 0 Å². The van der Waals surface area contributed by atoms with Gasteiger partial charge in [0, 0.05) is 56.2 Å². The molecular weight excluding hydrogens is 462 g/mol. The van der Waals surface area contributed by atoms with Gasteiger partial charge in [0.1, 0.15) is 0 Å². The van der Waals surface area contributed by atoms with Crippen molar-refractivity contribution in [1.82, 2.24) is 0 Å². The summed E-state index contributed by atoms with van der Waals surface area (Å²) < 4.78 is 10.8. The molecule has 6 heteroatoms. The van der Waals surface area contributed by atoms with E-state index in [1.165, 1.54) is 0 Å². The Morgan fingerprint density at radius 2 is 1.83 bits per heavy atom. The summed E-state index contributed by atoms with van der Waals surface area (Å²) >= 11 is 4.24. The molecule has 0 aromatic carbocycles. The third kappa shape index (κ3) is 5.74. The van der Waals surface area contributed by atoms with Gasteiger partial charge >= 0.3 is 0 Å². The van der Waals surface area contributed by atoms with Crippen LogP contribution in [-0.2, 0) is 9.47 Å². The molecule has 0 saturated carbocycles. The highest BCUT2D eigenvalue weighted by Crippen LogP contribution is 2.32. The second-order valence-electron chi connectivity index (χ2n) is 4.27. The van der Waals surface area contributed by atoms with Crippen molar-refractivity contribution < 1.29 is 19.7 Å². The molecule has 0 spiro atoms. The first kappa shape index (κ1) is 21.6. The summed E-state index contributed by atoms with van der Waals surface area (Å²) in [5, 5.41) is 19.3. The smallest absolute Gasteiger partial charge is 0.0863 e. The number of halogens is 2. The van der Waals surface area contributed by atoms with E-state index in [9.17, 15) is 10.2 Å². The molecule has 1 aliphatic rings. The molecule has 0 aliphatic carbocycles. The molecule has 0 amide bonds. The molecule has 5 unspecified atom stereocenters. The fraction of sp³-hybridized carbons (Fsp3) is 1.00. The van der Waals surface area contributed by atoms with Crippen LogP contribution in [0.5, 0.6) is 0 Å². The first-order valence-corrected chi connectivity index (χ1v) is 12.0. The van der Waals surface area contributed by atoms with Crippen molar-refractivity contribution >= 4 is 37.2 Å². The minimum absolute atomic E-state index is 0. The maximum Gasteiger partial charge on any atom is 0.0863 e. The van der Waals surface area contributed by atoms with Crippen molar-refractivity contribution in [3.05, 3.63) is 0 Å². The highest BCUT2D eigenvalue weighted by Gasteiger charge is 2.41. The van der Waals surface area contributed by atoms with E-state index < -0.39 is 6.10 Å². The quantitative estimate of drug-likeness (QED) is 0.599. The van der Waals surface area contributed by atoms with Crippen LogP contribution in [0.2, 0.25) is 0 Å². The van der Waals surface area contributed by atoms with Crippen molar-refractivity contribution in [2.75, 3.05) is 20.3 Å². The Hall–Kier alpha value is 1.30. The Kier molecular flexibility index (Phi) is 14.5. The van der Waals surface area contributed by atoms with Gasteiger partial charge in [0.05, 0.1) is 31.5 Å². The van der Waals surface area contributed by atoms with Gasteiger partial charge in [0.2, 0.25) is 0 Å². The van der Waals surface area contributed by atoms with Gasteiger partial charge in [0.15, 0.2) is 0 Å². The summed E-state index contributed by atoms with van der Waals surface area (Å²) in [7, 11) is 1.61. The van der Waals surface area contributed by atoms with Crippen LogP contribution >= 0.6 is 37.2 Å². The van der Waals surface area contributed by atoms with Crippen LogP contribution in [0.15, 0.2) is 0 Å². The molecule has 1 heterocycles. The fourth-order valence-corrected chi connectivity index (χ4v) is 2.32. The predicted molar refractivity (Wildman–Crippen MR) is 91.3 cm³/mol. The van der Waals surface area contributed by atoms with E-state index in [0.717, 1.165) is 6.42 Å². The molecular formula is C12H26I2O4. The van der Waals surface area contributed by atoms with Crippen molar-refractivity contribution in [3.63, 3.8) is 0 Å². The van der Waals surface area contributed by atoms with Gasteiger partial charge in [-0.1, -0.05) is 21.3 Å². The first-order valence-electron chi connectivity index (χ1n) is 5.73. The van der Waals surface area contributed by atoms with E-state index in [2.05, 4.69) is 37.2 Å². The van der Waals surface area contributed by atoms with Gasteiger partial charge in [-0.15, -0.1) is 0 Å². The monoisotopic (exact) mass is 488 g/mol. The average molecular weight is 488 g/mol.